The van der Waals surface area contributed by atoms with Gasteiger partial charge in [-0.3, -0.25) is 0 Å². The maximum atomic E-state index is 13.4. The SMILES string of the molecule is CCNC(c1ccc(F)c(F)c1)c1cc(C)sc1C. The topological polar surface area (TPSA) is 12.0 Å². The normalized spacial score (nSPS) is 12.7. The van der Waals surface area contributed by atoms with Gasteiger partial charge in [-0.15, -0.1) is 11.3 Å². The van der Waals surface area contributed by atoms with E-state index in [4.69, 9.17) is 0 Å². The van der Waals surface area contributed by atoms with Crippen LogP contribution in [-0.2, 0) is 0 Å². The fourth-order valence-electron chi connectivity index (χ4n) is 2.24. The van der Waals surface area contributed by atoms with Crippen LogP contribution in [0.3, 0.4) is 0 Å². The summed E-state index contributed by atoms with van der Waals surface area (Å²) < 4.78 is 26.4. The summed E-state index contributed by atoms with van der Waals surface area (Å²) in [4.78, 5) is 2.42. The summed E-state index contributed by atoms with van der Waals surface area (Å²) in [5, 5.41) is 3.33. The summed E-state index contributed by atoms with van der Waals surface area (Å²) in [5.74, 6) is -1.61. The molecule has 1 atom stereocenters. The van der Waals surface area contributed by atoms with Crippen LogP contribution < -0.4 is 5.32 Å². The third-order valence-electron chi connectivity index (χ3n) is 3.08. The summed E-state index contributed by atoms with van der Waals surface area (Å²) in [5.41, 5.74) is 1.89. The van der Waals surface area contributed by atoms with Crippen molar-refractivity contribution in [3.05, 3.63) is 56.8 Å². The average molecular weight is 281 g/mol. The fourth-order valence-corrected chi connectivity index (χ4v) is 3.20. The van der Waals surface area contributed by atoms with Crippen LogP contribution in [0.4, 0.5) is 8.78 Å². The minimum absolute atomic E-state index is 0.0925. The zero-order chi connectivity index (χ0) is 14.0. The van der Waals surface area contributed by atoms with Gasteiger partial charge in [-0.25, -0.2) is 8.78 Å². The average Bonchev–Trinajstić information content (AvgIpc) is 2.69. The second kappa shape index (κ2) is 5.80. The molecule has 0 bridgehead atoms. The molecule has 0 aliphatic heterocycles. The summed E-state index contributed by atoms with van der Waals surface area (Å²) in [6.07, 6.45) is 0. The van der Waals surface area contributed by atoms with E-state index >= 15 is 0 Å². The Morgan fingerprint density at radius 1 is 1.16 bits per heavy atom. The Morgan fingerprint density at radius 2 is 1.89 bits per heavy atom. The van der Waals surface area contributed by atoms with Crippen molar-refractivity contribution < 1.29 is 8.78 Å². The molecule has 2 rings (SSSR count). The maximum Gasteiger partial charge on any atom is 0.159 e. The van der Waals surface area contributed by atoms with Crippen LogP contribution in [0.2, 0.25) is 0 Å². The van der Waals surface area contributed by atoms with Gasteiger partial charge in [-0.05, 0) is 49.7 Å². The fraction of sp³-hybridized carbons (Fsp3) is 0.333. The van der Waals surface area contributed by atoms with E-state index in [1.807, 2.05) is 6.92 Å². The van der Waals surface area contributed by atoms with Gasteiger partial charge in [0.25, 0.3) is 0 Å². The minimum Gasteiger partial charge on any atom is -0.306 e. The highest BCUT2D eigenvalue weighted by molar-refractivity contribution is 7.12. The number of hydrogen-bond acceptors (Lipinski definition) is 2. The van der Waals surface area contributed by atoms with Crippen LogP contribution in [0, 0.1) is 25.5 Å². The van der Waals surface area contributed by atoms with Crippen molar-refractivity contribution in [2.24, 2.45) is 0 Å². The smallest absolute Gasteiger partial charge is 0.159 e. The molecule has 0 saturated carbocycles. The summed E-state index contributed by atoms with van der Waals surface area (Å²) in [7, 11) is 0. The summed E-state index contributed by atoms with van der Waals surface area (Å²) in [6.45, 7) is 6.87. The van der Waals surface area contributed by atoms with Crippen LogP contribution in [0.1, 0.15) is 33.8 Å². The van der Waals surface area contributed by atoms with E-state index in [2.05, 4.69) is 25.2 Å². The lowest BCUT2D eigenvalue weighted by Crippen LogP contribution is -2.22. The van der Waals surface area contributed by atoms with Crippen LogP contribution >= 0.6 is 11.3 Å². The third kappa shape index (κ3) is 3.01. The number of hydrogen-bond donors (Lipinski definition) is 1. The van der Waals surface area contributed by atoms with Crippen molar-refractivity contribution in [1.82, 2.24) is 5.32 Å². The van der Waals surface area contributed by atoms with Crippen molar-refractivity contribution >= 4 is 11.3 Å². The summed E-state index contributed by atoms with van der Waals surface area (Å²) >= 11 is 1.72. The quantitative estimate of drug-likeness (QED) is 0.879. The minimum atomic E-state index is -0.808. The van der Waals surface area contributed by atoms with Gasteiger partial charge in [-0.1, -0.05) is 13.0 Å². The van der Waals surface area contributed by atoms with E-state index < -0.39 is 11.6 Å². The predicted octanol–water partition coefficient (Wildman–Crippen LogP) is 4.34. The molecule has 4 heteroatoms. The van der Waals surface area contributed by atoms with E-state index in [0.717, 1.165) is 17.7 Å². The number of thiophene rings is 1. The summed E-state index contributed by atoms with van der Waals surface area (Å²) in [6, 6.07) is 6.11. The Labute approximate surface area is 116 Å². The first kappa shape index (κ1) is 14.2. The lowest BCUT2D eigenvalue weighted by atomic mass is 9.99. The second-order valence-corrected chi connectivity index (χ2v) is 5.99. The van der Waals surface area contributed by atoms with Crippen molar-refractivity contribution in [1.29, 1.82) is 0 Å². The maximum absolute atomic E-state index is 13.4. The third-order valence-corrected chi connectivity index (χ3v) is 4.06. The largest absolute Gasteiger partial charge is 0.306 e. The highest BCUT2D eigenvalue weighted by atomic mass is 32.1. The molecule has 1 heterocycles. The second-order valence-electron chi connectivity index (χ2n) is 4.53. The van der Waals surface area contributed by atoms with E-state index in [-0.39, 0.29) is 6.04 Å². The molecule has 1 aromatic heterocycles. The monoisotopic (exact) mass is 281 g/mol. The van der Waals surface area contributed by atoms with Crippen LogP contribution in [0.5, 0.6) is 0 Å². The first-order valence-electron chi connectivity index (χ1n) is 6.28. The van der Waals surface area contributed by atoms with Crippen LogP contribution in [0.15, 0.2) is 24.3 Å². The molecule has 0 saturated heterocycles. The van der Waals surface area contributed by atoms with Crippen LogP contribution in [-0.4, -0.2) is 6.54 Å². The number of aryl methyl sites for hydroxylation is 2. The van der Waals surface area contributed by atoms with Gasteiger partial charge < -0.3 is 5.32 Å². The molecule has 2 aromatic rings. The molecule has 1 aromatic carbocycles. The molecular weight excluding hydrogens is 264 g/mol. The number of benzene rings is 1. The number of rotatable bonds is 4. The molecule has 0 amide bonds. The van der Waals surface area contributed by atoms with Crippen molar-refractivity contribution in [2.45, 2.75) is 26.8 Å². The molecule has 0 aliphatic rings. The van der Waals surface area contributed by atoms with Gasteiger partial charge in [0.2, 0.25) is 0 Å². The highest BCUT2D eigenvalue weighted by Crippen LogP contribution is 2.31. The van der Waals surface area contributed by atoms with Gasteiger partial charge in [0.05, 0.1) is 6.04 Å². The predicted molar refractivity (Wildman–Crippen MR) is 75.7 cm³/mol. The van der Waals surface area contributed by atoms with Gasteiger partial charge in [-0.2, -0.15) is 0 Å². The molecular formula is C15H17F2NS. The molecule has 0 aliphatic carbocycles. The van der Waals surface area contributed by atoms with Gasteiger partial charge in [0, 0.05) is 9.75 Å². The zero-order valence-electron chi connectivity index (χ0n) is 11.3. The van der Waals surface area contributed by atoms with Crippen molar-refractivity contribution in [3.63, 3.8) is 0 Å². The molecule has 0 spiro atoms. The Balaban J connectivity index is 2.44. The Hall–Kier alpha value is -1.26. The van der Waals surface area contributed by atoms with E-state index in [1.165, 1.54) is 21.9 Å². The number of halogens is 2. The Kier molecular flexibility index (Phi) is 4.32. The molecule has 1 nitrogen and oxygen atoms in total. The molecule has 0 radical (unpaired) electrons. The van der Waals surface area contributed by atoms with E-state index in [9.17, 15) is 8.78 Å². The first-order chi connectivity index (χ1) is 9.02. The first-order valence-corrected chi connectivity index (χ1v) is 7.09. The molecule has 1 unspecified atom stereocenters. The zero-order valence-corrected chi connectivity index (χ0v) is 12.1. The standard InChI is InChI=1S/C15H17F2NS/c1-4-18-15(12-7-9(2)19-10(12)3)11-5-6-13(16)14(17)8-11/h5-8,15,18H,4H2,1-3H3. The Bertz CT molecular complexity index is 578. The lowest BCUT2D eigenvalue weighted by molar-refractivity contribution is 0.504. The van der Waals surface area contributed by atoms with E-state index in [1.54, 1.807) is 17.4 Å². The van der Waals surface area contributed by atoms with Crippen molar-refractivity contribution in [2.75, 3.05) is 6.54 Å². The molecule has 19 heavy (non-hydrogen) atoms. The van der Waals surface area contributed by atoms with Gasteiger partial charge in [0.1, 0.15) is 0 Å². The molecule has 0 fully saturated rings. The van der Waals surface area contributed by atoms with Gasteiger partial charge >= 0.3 is 0 Å². The lowest BCUT2D eigenvalue weighted by Gasteiger charge is -2.19. The van der Waals surface area contributed by atoms with Crippen LogP contribution in [0.25, 0.3) is 0 Å². The molecule has 102 valence electrons. The molecule has 1 N–H and O–H groups in total. The number of nitrogens with one attached hydrogen (secondary N) is 1. The highest BCUT2D eigenvalue weighted by Gasteiger charge is 2.18. The Morgan fingerprint density at radius 3 is 2.42 bits per heavy atom. The van der Waals surface area contributed by atoms with Gasteiger partial charge in [0.15, 0.2) is 11.6 Å². The van der Waals surface area contributed by atoms with E-state index in [0.29, 0.717) is 0 Å². The van der Waals surface area contributed by atoms with Crippen molar-refractivity contribution in [3.8, 4) is 0 Å².